The molecule has 84 valence electrons. The molecule has 0 heterocycles. The lowest BCUT2D eigenvalue weighted by Crippen LogP contribution is -1.99. The summed E-state index contributed by atoms with van der Waals surface area (Å²) in [6.07, 6.45) is 10.6. The van der Waals surface area contributed by atoms with Crippen molar-refractivity contribution in [1.82, 2.24) is 4.90 Å². The van der Waals surface area contributed by atoms with Gasteiger partial charge in [0.25, 0.3) is 0 Å². The van der Waals surface area contributed by atoms with E-state index in [1.165, 1.54) is 24.8 Å². The van der Waals surface area contributed by atoms with Crippen LogP contribution < -0.4 is 0 Å². The van der Waals surface area contributed by atoms with E-state index in [1.807, 2.05) is 39.9 Å². The Hall–Kier alpha value is -0.560. The van der Waals surface area contributed by atoms with Crippen LogP contribution >= 0.6 is 0 Å². The van der Waals surface area contributed by atoms with Crippen LogP contribution in [0.1, 0.15) is 40.0 Å². The second kappa shape index (κ2) is 12.4. The zero-order valence-electron chi connectivity index (χ0n) is 10.8. The standard InChI is InChI=1S/C8H12.C3H9N.C2H6/c1-8-6-4-2-3-5-7-8;1-4(2)3;1-2/h4,6-7H,2-3,5H2,1H3;1-3H3;1-2H3. The molecule has 1 nitrogen and oxygen atoms in total. The van der Waals surface area contributed by atoms with Gasteiger partial charge in [-0.25, -0.2) is 0 Å². The lowest BCUT2D eigenvalue weighted by molar-refractivity contribution is 0.505. The zero-order valence-corrected chi connectivity index (χ0v) is 10.8. The van der Waals surface area contributed by atoms with Crippen LogP contribution in [0.5, 0.6) is 0 Å². The van der Waals surface area contributed by atoms with Crippen molar-refractivity contribution < 1.29 is 0 Å². The van der Waals surface area contributed by atoms with Crippen LogP contribution in [0.4, 0.5) is 0 Å². The number of allylic oxidation sites excluding steroid dienone is 4. The van der Waals surface area contributed by atoms with Crippen LogP contribution in [0.15, 0.2) is 23.8 Å². The molecule has 0 aromatic heterocycles. The van der Waals surface area contributed by atoms with Crippen molar-refractivity contribution >= 4 is 0 Å². The molecule has 1 aliphatic carbocycles. The maximum Gasteiger partial charge on any atom is -0.0140 e. The molecular formula is C13H27N. The van der Waals surface area contributed by atoms with Crippen LogP contribution in [0.3, 0.4) is 0 Å². The highest BCUT2D eigenvalue weighted by molar-refractivity contribution is 5.17. The quantitative estimate of drug-likeness (QED) is 0.569. The third-order valence-corrected chi connectivity index (χ3v) is 1.42. The second-order valence-electron chi connectivity index (χ2n) is 3.62. The average Bonchev–Trinajstić information content (AvgIpc) is 2.35. The minimum Gasteiger partial charge on any atom is -0.312 e. The van der Waals surface area contributed by atoms with Crippen molar-refractivity contribution in [3.63, 3.8) is 0 Å². The minimum absolute atomic E-state index is 1.26. The van der Waals surface area contributed by atoms with Crippen molar-refractivity contribution in [1.29, 1.82) is 0 Å². The molecule has 0 N–H and O–H groups in total. The van der Waals surface area contributed by atoms with Gasteiger partial charge in [-0.2, -0.15) is 0 Å². The summed E-state index contributed by atoms with van der Waals surface area (Å²) in [6, 6.07) is 0. The first-order valence-corrected chi connectivity index (χ1v) is 5.57. The molecule has 0 saturated carbocycles. The van der Waals surface area contributed by atoms with E-state index in [4.69, 9.17) is 0 Å². The van der Waals surface area contributed by atoms with E-state index in [2.05, 4.69) is 25.2 Å². The molecule has 0 aliphatic heterocycles. The Bertz CT molecular complexity index is 152. The monoisotopic (exact) mass is 197 g/mol. The van der Waals surface area contributed by atoms with Gasteiger partial charge in [-0.3, -0.25) is 0 Å². The largest absolute Gasteiger partial charge is 0.312 e. The van der Waals surface area contributed by atoms with Crippen molar-refractivity contribution in [2.75, 3.05) is 21.1 Å². The smallest absolute Gasteiger partial charge is 0.0140 e. The number of hydrogen-bond donors (Lipinski definition) is 0. The minimum atomic E-state index is 1.26. The van der Waals surface area contributed by atoms with E-state index >= 15 is 0 Å². The van der Waals surface area contributed by atoms with Gasteiger partial charge in [-0.1, -0.05) is 37.6 Å². The molecule has 0 amide bonds. The number of rotatable bonds is 0. The van der Waals surface area contributed by atoms with Gasteiger partial charge in [0.1, 0.15) is 0 Å². The molecular weight excluding hydrogens is 170 g/mol. The first-order chi connectivity index (χ1) is 6.63. The molecule has 0 fully saturated rings. The molecule has 1 aliphatic rings. The van der Waals surface area contributed by atoms with Crippen molar-refractivity contribution in [3.8, 4) is 0 Å². The summed E-state index contributed by atoms with van der Waals surface area (Å²) in [5.41, 5.74) is 1.42. The van der Waals surface area contributed by atoms with Gasteiger partial charge in [-0.05, 0) is 47.3 Å². The molecule has 0 aromatic carbocycles. The first-order valence-electron chi connectivity index (χ1n) is 5.57. The average molecular weight is 197 g/mol. The molecule has 0 aromatic rings. The second-order valence-corrected chi connectivity index (χ2v) is 3.62. The summed E-state index contributed by atoms with van der Waals surface area (Å²) < 4.78 is 0. The summed E-state index contributed by atoms with van der Waals surface area (Å²) in [4.78, 5) is 2.00. The number of hydrogen-bond acceptors (Lipinski definition) is 1. The molecule has 0 saturated heterocycles. The molecule has 0 unspecified atom stereocenters. The van der Waals surface area contributed by atoms with Crippen molar-refractivity contribution in [2.24, 2.45) is 0 Å². The van der Waals surface area contributed by atoms with Crippen molar-refractivity contribution in [2.45, 2.75) is 40.0 Å². The SMILES string of the molecule is CC.CC1=CCCCC=C1.CN(C)C. The lowest BCUT2D eigenvalue weighted by Gasteiger charge is -1.90. The Labute approximate surface area is 90.5 Å². The predicted octanol–water partition coefficient (Wildman–Crippen LogP) is 3.88. The Balaban J connectivity index is 0. The lowest BCUT2D eigenvalue weighted by atomic mass is 10.2. The van der Waals surface area contributed by atoms with Gasteiger partial charge >= 0.3 is 0 Å². The van der Waals surface area contributed by atoms with Crippen LogP contribution in [-0.2, 0) is 0 Å². The van der Waals surface area contributed by atoms with Gasteiger partial charge in [0.2, 0.25) is 0 Å². The highest BCUT2D eigenvalue weighted by Crippen LogP contribution is 2.08. The Kier molecular flexibility index (Phi) is 14.1. The van der Waals surface area contributed by atoms with Gasteiger partial charge < -0.3 is 4.90 Å². The molecule has 0 bridgehead atoms. The van der Waals surface area contributed by atoms with Crippen molar-refractivity contribution in [3.05, 3.63) is 23.8 Å². The summed E-state index contributed by atoms with van der Waals surface area (Å²) in [6.45, 7) is 6.15. The summed E-state index contributed by atoms with van der Waals surface area (Å²) in [5, 5.41) is 0. The topological polar surface area (TPSA) is 3.24 Å². The van der Waals surface area contributed by atoms with E-state index in [-0.39, 0.29) is 0 Å². The first kappa shape index (κ1) is 15.9. The van der Waals surface area contributed by atoms with E-state index in [0.29, 0.717) is 0 Å². The van der Waals surface area contributed by atoms with Crippen LogP contribution in [-0.4, -0.2) is 26.0 Å². The molecule has 0 atom stereocenters. The van der Waals surface area contributed by atoms with E-state index < -0.39 is 0 Å². The predicted molar refractivity (Wildman–Crippen MR) is 67.7 cm³/mol. The van der Waals surface area contributed by atoms with E-state index in [0.717, 1.165) is 0 Å². The van der Waals surface area contributed by atoms with Gasteiger partial charge in [0, 0.05) is 0 Å². The van der Waals surface area contributed by atoms with E-state index in [9.17, 15) is 0 Å². The third kappa shape index (κ3) is 17.5. The van der Waals surface area contributed by atoms with Crippen LogP contribution in [0.25, 0.3) is 0 Å². The molecule has 1 rings (SSSR count). The summed E-state index contributed by atoms with van der Waals surface area (Å²) >= 11 is 0. The fourth-order valence-electron chi connectivity index (χ4n) is 0.903. The normalized spacial score (nSPS) is 14.4. The van der Waals surface area contributed by atoms with Gasteiger partial charge in [0.15, 0.2) is 0 Å². The maximum absolute atomic E-state index is 2.30. The Morgan fingerprint density at radius 2 is 1.57 bits per heavy atom. The molecule has 0 radical (unpaired) electrons. The van der Waals surface area contributed by atoms with Crippen LogP contribution in [0, 0.1) is 0 Å². The van der Waals surface area contributed by atoms with Gasteiger partial charge in [-0.15, -0.1) is 0 Å². The molecule has 0 spiro atoms. The molecule has 1 heteroatoms. The van der Waals surface area contributed by atoms with Crippen LogP contribution in [0.2, 0.25) is 0 Å². The van der Waals surface area contributed by atoms with Gasteiger partial charge in [0.05, 0.1) is 0 Å². The summed E-state index contributed by atoms with van der Waals surface area (Å²) in [7, 11) is 6.00. The summed E-state index contributed by atoms with van der Waals surface area (Å²) in [5.74, 6) is 0. The fraction of sp³-hybridized carbons (Fsp3) is 0.692. The Morgan fingerprint density at radius 3 is 2.07 bits per heavy atom. The maximum atomic E-state index is 2.30. The highest BCUT2D eigenvalue weighted by atomic mass is 15.0. The fourth-order valence-corrected chi connectivity index (χ4v) is 0.903. The Morgan fingerprint density at radius 1 is 1.07 bits per heavy atom. The number of nitrogens with zero attached hydrogens (tertiary/aromatic N) is 1. The highest BCUT2D eigenvalue weighted by Gasteiger charge is 1.87. The zero-order chi connectivity index (χ0) is 11.4. The van der Waals surface area contributed by atoms with E-state index in [1.54, 1.807) is 0 Å². The molecule has 14 heavy (non-hydrogen) atoms. The third-order valence-electron chi connectivity index (χ3n) is 1.42.